The molecule has 0 aliphatic rings. The summed E-state index contributed by atoms with van der Waals surface area (Å²) >= 11 is 1.63. The Morgan fingerprint density at radius 1 is 1.50 bits per heavy atom. The monoisotopic (exact) mass is 235 g/mol. The molecule has 16 heavy (non-hydrogen) atoms. The molecule has 0 bridgehead atoms. The molecule has 0 aliphatic carbocycles. The first-order valence-corrected chi connectivity index (χ1v) is 6.39. The molecular formula is C12H17N3S. The standard InChI is InChI=1S/C12H17N3S/c1-9(2)12(13)10-3-4-15(5-10)6-11-7-16-8-14-11/h3-5,7-9,12H,6,13H2,1-2H3. The Morgan fingerprint density at radius 2 is 2.31 bits per heavy atom. The highest BCUT2D eigenvalue weighted by Crippen LogP contribution is 2.19. The molecule has 1 atom stereocenters. The van der Waals surface area contributed by atoms with Crippen molar-refractivity contribution in [2.75, 3.05) is 0 Å². The minimum atomic E-state index is 0.122. The predicted molar refractivity (Wildman–Crippen MR) is 67.4 cm³/mol. The summed E-state index contributed by atoms with van der Waals surface area (Å²) in [5.41, 5.74) is 10.3. The molecule has 4 heteroatoms. The average molecular weight is 235 g/mol. The summed E-state index contributed by atoms with van der Waals surface area (Å²) in [5.74, 6) is 0.468. The molecule has 0 amide bonds. The first-order chi connectivity index (χ1) is 7.66. The third-order valence-corrected chi connectivity index (χ3v) is 3.34. The second-order valence-electron chi connectivity index (χ2n) is 4.37. The third kappa shape index (κ3) is 2.51. The molecule has 2 heterocycles. The first-order valence-electron chi connectivity index (χ1n) is 5.45. The highest BCUT2D eigenvalue weighted by Gasteiger charge is 2.11. The number of nitrogens with zero attached hydrogens (tertiary/aromatic N) is 2. The van der Waals surface area contributed by atoms with Gasteiger partial charge in [-0.3, -0.25) is 0 Å². The molecule has 86 valence electrons. The number of rotatable bonds is 4. The molecule has 1 unspecified atom stereocenters. The van der Waals surface area contributed by atoms with E-state index in [-0.39, 0.29) is 6.04 Å². The molecule has 0 saturated heterocycles. The molecule has 2 aromatic rings. The van der Waals surface area contributed by atoms with E-state index in [2.05, 4.69) is 47.2 Å². The zero-order valence-corrected chi connectivity index (χ0v) is 10.4. The van der Waals surface area contributed by atoms with Crippen LogP contribution in [-0.4, -0.2) is 9.55 Å². The molecular weight excluding hydrogens is 218 g/mol. The van der Waals surface area contributed by atoms with Crippen LogP contribution in [0.4, 0.5) is 0 Å². The van der Waals surface area contributed by atoms with Gasteiger partial charge in [-0.25, -0.2) is 4.98 Å². The fourth-order valence-corrected chi connectivity index (χ4v) is 2.19. The lowest BCUT2D eigenvalue weighted by atomic mass is 10.00. The van der Waals surface area contributed by atoms with Gasteiger partial charge in [0.2, 0.25) is 0 Å². The van der Waals surface area contributed by atoms with Crippen LogP contribution in [0.25, 0.3) is 0 Å². The van der Waals surface area contributed by atoms with Gasteiger partial charge in [-0.15, -0.1) is 11.3 Å². The van der Waals surface area contributed by atoms with E-state index >= 15 is 0 Å². The van der Waals surface area contributed by atoms with Crippen LogP contribution in [0.3, 0.4) is 0 Å². The zero-order chi connectivity index (χ0) is 11.5. The summed E-state index contributed by atoms with van der Waals surface area (Å²) in [6.07, 6.45) is 4.18. The lowest BCUT2D eigenvalue weighted by Gasteiger charge is -2.13. The maximum absolute atomic E-state index is 6.10. The van der Waals surface area contributed by atoms with Gasteiger partial charge in [0.25, 0.3) is 0 Å². The van der Waals surface area contributed by atoms with Crippen LogP contribution in [0.2, 0.25) is 0 Å². The molecule has 0 aliphatic heterocycles. The van der Waals surface area contributed by atoms with Gasteiger partial charge < -0.3 is 10.3 Å². The molecule has 2 aromatic heterocycles. The largest absolute Gasteiger partial charge is 0.348 e. The predicted octanol–water partition coefficient (Wildman–Crippen LogP) is 2.65. The van der Waals surface area contributed by atoms with E-state index in [1.165, 1.54) is 5.56 Å². The smallest absolute Gasteiger partial charge is 0.0795 e. The van der Waals surface area contributed by atoms with Crippen molar-refractivity contribution in [1.29, 1.82) is 0 Å². The fraction of sp³-hybridized carbons (Fsp3) is 0.417. The molecule has 2 rings (SSSR count). The van der Waals surface area contributed by atoms with Gasteiger partial charge in [0.15, 0.2) is 0 Å². The minimum absolute atomic E-state index is 0.122. The minimum Gasteiger partial charge on any atom is -0.348 e. The summed E-state index contributed by atoms with van der Waals surface area (Å²) in [7, 11) is 0. The Morgan fingerprint density at radius 3 is 2.94 bits per heavy atom. The Balaban J connectivity index is 2.08. The molecule has 3 nitrogen and oxygen atoms in total. The maximum atomic E-state index is 6.10. The zero-order valence-electron chi connectivity index (χ0n) is 9.63. The summed E-state index contributed by atoms with van der Waals surface area (Å²) in [6, 6.07) is 2.22. The van der Waals surface area contributed by atoms with E-state index in [0.29, 0.717) is 5.92 Å². The fourth-order valence-electron chi connectivity index (χ4n) is 1.64. The van der Waals surface area contributed by atoms with E-state index in [1.807, 2.05) is 5.51 Å². The Labute approximate surface area is 99.9 Å². The van der Waals surface area contributed by atoms with Crippen LogP contribution in [0.15, 0.2) is 29.4 Å². The van der Waals surface area contributed by atoms with Crippen molar-refractivity contribution in [2.45, 2.75) is 26.4 Å². The highest BCUT2D eigenvalue weighted by atomic mass is 32.1. The number of aromatic nitrogens is 2. The first kappa shape index (κ1) is 11.4. The summed E-state index contributed by atoms with van der Waals surface area (Å²) in [5, 5.41) is 2.07. The van der Waals surface area contributed by atoms with Crippen molar-refractivity contribution in [3.63, 3.8) is 0 Å². The van der Waals surface area contributed by atoms with Crippen LogP contribution < -0.4 is 5.73 Å². The van der Waals surface area contributed by atoms with Crippen molar-refractivity contribution in [1.82, 2.24) is 9.55 Å². The van der Waals surface area contributed by atoms with E-state index in [0.717, 1.165) is 12.2 Å². The Kier molecular flexibility index (Phi) is 3.41. The normalized spacial score (nSPS) is 13.2. The summed E-state index contributed by atoms with van der Waals surface area (Å²) in [6.45, 7) is 5.11. The van der Waals surface area contributed by atoms with E-state index in [9.17, 15) is 0 Å². The van der Waals surface area contributed by atoms with Gasteiger partial charge in [-0.1, -0.05) is 13.8 Å². The Bertz CT molecular complexity index is 431. The van der Waals surface area contributed by atoms with Gasteiger partial charge in [0.05, 0.1) is 17.7 Å². The topological polar surface area (TPSA) is 43.8 Å². The van der Waals surface area contributed by atoms with Crippen molar-refractivity contribution >= 4 is 11.3 Å². The van der Waals surface area contributed by atoms with Crippen LogP contribution in [-0.2, 0) is 6.54 Å². The van der Waals surface area contributed by atoms with Gasteiger partial charge in [-0.05, 0) is 17.5 Å². The van der Waals surface area contributed by atoms with Crippen LogP contribution in [0.1, 0.15) is 31.1 Å². The van der Waals surface area contributed by atoms with Crippen molar-refractivity contribution in [3.05, 3.63) is 40.6 Å². The Hall–Kier alpha value is -1.13. The van der Waals surface area contributed by atoms with Crippen LogP contribution in [0.5, 0.6) is 0 Å². The number of nitrogens with two attached hydrogens (primary N) is 1. The average Bonchev–Trinajstić information content (AvgIpc) is 2.88. The van der Waals surface area contributed by atoms with Gasteiger partial charge in [0, 0.05) is 23.8 Å². The van der Waals surface area contributed by atoms with E-state index < -0.39 is 0 Å². The molecule has 0 fully saturated rings. The van der Waals surface area contributed by atoms with Crippen molar-refractivity contribution in [3.8, 4) is 0 Å². The van der Waals surface area contributed by atoms with E-state index in [1.54, 1.807) is 11.3 Å². The third-order valence-electron chi connectivity index (χ3n) is 2.70. The van der Waals surface area contributed by atoms with Gasteiger partial charge in [-0.2, -0.15) is 0 Å². The second-order valence-corrected chi connectivity index (χ2v) is 5.09. The van der Waals surface area contributed by atoms with Crippen LogP contribution >= 0.6 is 11.3 Å². The SMILES string of the molecule is CC(C)C(N)c1ccn(Cc2cscn2)c1. The quantitative estimate of drug-likeness (QED) is 0.885. The van der Waals surface area contributed by atoms with Crippen LogP contribution in [0, 0.1) is 5.92 Å². The molecule has 0 aromatic carbocycles. The maximum Gasteiger partial charge on any atom is 0.0795 e. The van der Waals surface area contributed by atoms with Gasteiger partial charge >= 0.3 is 0 Å². The number of hydrogen-bond donors (Lipinski definition) is 1. The summed E-state index contributed by atoms with van der Waals surface area (Å²) in [4.78, 5) is 4.27. The van der Waals surface area contributed by atoms with Gasteiger partial charge in [0.1, 0.15) is 0 Å². The van der Waals surface area contributed by atoms with E-state index in [4.69, 9.17) is 5.73 Å². The number of hydrogen-bond acceptors (Lipinski definition) is 3. The highest BCUT2D eigenvalue weighted by molar-refractivity contribution is 7.07. The molecule has 2 N–H and O–H groups in total. The summed E-state index contributed by atoms with van der Waals surface area (Å²) < 4.78 is 2.13. The molecule has 0 spiro atoms. The number of thiazole rings is 1. The van der Waals surface area contributed by atoms with Crippen molar-refractivity contribution < 1.29 is 0 Å². The molecule has 0 radical (unpaired) electrons. The lowest BCUT2D eigenvalue weighted by molar-refractivity contribution is 0.513. The molecule has 0 saturated carbocycles. The second kappa shape index (κ2) is 4.80. The van der Waals surface area contributed by atoms with Crippen molar-refractivity contribution in [2.24, 2.45) is 11.7 Å². The lowest BCUT2D eigenvalue weighted by Crippen LogP contribution is -2.15.